The Morgan fingerprint density at radius 3 is 2.29 bits per heavy atom. The summed E-state index contributed by atoms with van der Waals surface area (Å²) < 4.78 is 4.83. The fourth-order valence-corrected chi connectivity index (χ4v) is 3.33. The van der Waals surface area contributed by atoms with Crippen LogP contribution in [-0.2, 0) is 9.53 Å². The summed E-state index contributed by atoms with van der Waals surface area (Å²) >= 11 is 0. The number of ether oxygens (including phenoxy) is 1. The quantitative estimate of drug-likeness (QED) is 0.674. The van der Waals surface area contributed by atoms with Crippen LogP contribution in [0.2, 0.25) is 0 Å². The first-order valence-corrected chi connectivity index (χ1v) is 7.06. The molecule has 1 rings (SSSR count). The van der Waals surface area contributed by atoms with Gasteiger partial charge in [0, 0.05) is 0 Å². The first kappa shape index (κ1) is 14.5. The summed E-state index contributed by atoms with van der Waals surface area (Å²) in [5, 5.41) is 0. The molecule has 1 aliphatic rings. The molecule has 0 spiro atoms. The van der Waals surface area contributed by atoms with Gasteiger partial charge in [0.15, 0.2) is 0 Å². The van der Waals surface area contributed by atoms with Gasteiger partial charge in [0.1, 0.15) is 0 Å². The van der Waals surface area contributed by atoms with Crippen LogP contribution in [0, 0.1) is 17.3 Å². The molecule has 17 heavy (non-hydrogen) atoms. The van der Waals surface area contributed by atoms with Gasteiger partial charge in [-0.25, -0.2) is 0 Å². The molecule has 1 saturated carbocycles. The standard InChI is InChI=1S/C15H28O2/c1-5-10-15(2,3)11-12-6-8-13(9-7-12)14(16)17-4/h12-13H,5-11H2,1-4H3. The van der Waals surface area contributed by atoms with E-state index in [0.29, 0.717) is 5.41 Å². The number of carbonyl (C=O) groups excluding carboxylic acids is 1. The Morgan fingerprint density at radius 2 is 1.82 bits per heavy atom. The van der Waals surface area contributed by atoms with Crippen LogP contribution in [0.15, 0.2) is 0 Å². The van der Waals surface area contributed by atoms with Crippen LogP contribution < -0.4 is 0 Å². The molecule has 0 N–H and O–H groups in total. The summed E-state index contributed by atoms with van der Waals surface area (Å²) in [6.45, 7) is 7.02. The molecule has 0 unspecified atom stereocenters. The Balaban J connectivity index is 2.34. The van der Waals surface area contributed by atoms with Crippen LogP contribution in [-0.4, -0.2) is 13.1 Å². The van der Waals surface area contributed by atoms with E-state index in [1.165, 1.54) is 39.2 Å². The second-order valence-electron chi connectivity index (χ2n) is 6.36. The van der Waals surface area contributed by atoms with Crippen molar-refractivity contribution in [2.45, 2.75) is 65.7 Å². The third-order valence-corrected chi connectivity index (χ3v) is 4.15. The van der Waals surface area contributed by atoms with E-state index in [4.69, 9.17) is 4.74 Å². The van der Waals surface area contributed by atoms with Crippen LogP contribution in [0.1, 0.15) is 65.7 Å². The molecular weight excluding hydrogens is 212 g/mol. The minimum Gasteiger partial charge on any atom is -0.469 e. The van der Waals surface area contributed by atoms with Crippen molar-refractivity contribution in [1.29, 1.82) is 0 Å². The third-order valence-electron chi connectivity index (χ3n) is 4.15. The Morgan fingerprint density at radius 1 is 1.24 bits per heavy atom. The van der Waals surface area contributed by atoms with Crippen molar-refractivity contribution < 1.29 is 9.53 Å². The van der Waals surface area contributed by atoms with Crippen LogP contribution in [0.3, 0.4) is 0 Å². The largest absolute Gasteiger partial charge is 0.469 e. The lowest BCUT2D eigenvalue weighted by molar-refractivity contribution is -0.146. The number of carbonyl (C=O) groups is 1. The lowest BCUT2D eigenvalue weighted by Gasteiger charge is -2.33. The molecule has 0 bridgehead atoms. The van der Waals surface area contributed by atoms with Gasteiger partial charge in [0.25, 0.3) is 0 Å². The molecule has 0 amide bonds. The Bertz CT molecular complexity index is 237. The zero-order chi connectivity index (χ0) is 12.9. The van der Waals surface area contributed by atoms with Gasteiger partial charge in [-0.3, -0.25) is 4.79 Å². The van der Waals surface area contributed by atoms with Crippen LogP contribution >= 0.6 is 0 Å². The van der Waals surface area contributed by atoms with E-state index in [2.05, 4.69) is 20.8 Å². The number of hydrogen-bond acceptors (Lipinski definition) is 2. The lowest BCUT2D eigenvalue weighted by atomic mass is 9.72. The molecule has 0 aromatic rings. The van der Waals surface area contributed by atoms with E-state index in [-0.39, 0.29) is 11.9 Å². The fourth-order valence-electron chi connectivity index (χ4n) is 3.33. The Kier molecular flexibility index (Phi) is 5.48. The highest BCUT2D eigenvalue weighted by Crippen LogP contribution is 2.38. The van der Waals surface area contributed by atoms with E-state index in [0.717, 1.165) is 18.8 Å². The van der Waals surface area contributed by atoms with Gasteiger partial charge in [-0.1, -0.05) is 27.2 Å². The Labute approximate surface area is 106 Å². The summed E-state index contributed by atoms with van der Waals surface area (Å²) in [4.78, 5) is 11.4. The van der Waals surface area contributed by atoms with Crippen LogP contribution in [0.5, 0.6) is 0 Å². The van der Waals surface area contributed by atoms with Crippen molar-refractivity contribution in [3.8, 4) is 0 Å². The molecule has 0 saturated heterocycles. The van der Waals surface area contributed by atoms with Gasteiger partial charge in [-0.15, -0.1) is 0 Å². The highest BCUT2D eigenvalue weighted by Gasteiger charge is 2.30. The van der Waals surface area contributed by atoms with E-state index >= 15 is 0 Å². The zero-order valence-corrected chi connectivity index (χ0v) is 11.9. The molecule has 2 heteroatoms. The summed E-state index contributed by atoms with van der Waals surface area (Å²) in [6, 6.07) is 0. The van der Waals surface area contributed by atoms with Gasteiger partial charge in [0.05, 0.1) is 13.0 Å². The predicted molar refractivity (Wildman–Crippen MR) is 70.8 cm³/mol. The average molecular weight is 240 g/mol. The number of rotatable bonds is 5. The third kappa shape index (κ3) is 4.69. The van der Waals surface area contributed by atoms with Crippen molar-refractivity contribution in [1.82, 2.24) is 0 Å². The summed E-state index contributed by atoms with van der Waals surface area (Å²) in [6.07, 6.45) is 8.35. The van der Waals surface area contributed by atoms with Gasteiger partial charge in [-0.2, -0.15) is 0 Å². The van der Waals surface area contributed by atoms with Crippen molar-refractivity contribution in [3.05, 3.63) is 0 Å². The molecule has 2 nitrogen and oxygen atoms in total. The smallest absolute Gasteiger partial charge is 0.308 e. The van der Waals surface area contributed by atoms with Gasteiger partial charge >= 0.3 is 5.97 Å². The molecule has 1 fully saturated rings. The fraction of sp³-hybridized carbons (Fsp3) is 0.933. The highest BCUT2D eigenvalue weighted by molar-refractivity contribution is 5.72. The first-order valence-electron chi connectivity index (χ1n) is 7.06. The maximum Gasteiger partial charge on any atom is 0.308 e. The topological polar surface area (TPSA) is 26.3 Å². The van der Waals surface area contributed by atoms with Gasteiger partial charge in [0.2, 0.25) is 0 Å². The van der Waals surface area contributed by atoms with Crippen molar-refractivity contribution in [2.24, 2.45) is 17.3 Å². The van der Waals surface area contributed by atoms with Gasteiger partial charge < -0.3 is 4.74 Å². The summed E-state index contributed by atoms with van der Waals surface area (Å²) in [7, 11) is 1.50. The second kappa shape index (κ2) is 6.42. The zero-order valence-electron chi connectivity index (χ0n) is 11.9. The molecule has 0 radical (unpaired) electrons. The second-order valence-corrected chi connectivity index (χ2v) is 6.36. The molecule has 1 aliphatic carbocycles. The van der Waals surface area contributed by atoms with Crippen molar-refractivity contribution in [3.63, 3.8) is 0 Å². The molecule has 0 aromatic carbocycles. The molecule has 0 atom stereocenters. The maximum absolute atomic E-state index is 11.4. The monoisotopic (exact) mass is 240 g/mol. The molecule has 100 valence electrons. The lowest BCUT2D eigenvalue weighted by Crippen LogP contribution is -2.25. The predicted octanol–water partition coefficient (Wildman–Crippen LogP) is 4.18. The van der Waals surface area contributed by atoms with E-state index in [1.54, 1.807) is 0 Å². The van der Waals surface area contributed by atoms with Crippen LogP contribution in [0.4, 0.5) is 0 Å². The summed E-state index contributed by atoms with van der Waals surface area (Å²) in [5.74, 6) is 0.985. The van der Waals surface area contributed by atoms with Crippen molar-refractivity contribution >= 4 is 5.97 Å². The Hall–Kier alpha value is -0.530. The number of methoxy groups -OCH3 is 1. The molecule has 0 aliphatic heterocycles. The maximum atomic E-state index is 11.4. The average Bonchev–Trinajstić information content (AvgIpc) is 2.28. The first-order chi connectivity index (χ1) is 7.98. The van der Waals surface area contributed by atoms with Crippen molar-refractivity contribution in [2.75, 3.05) is 7.11 Å². The molecular formula is C15H28O2. The van der Waals surface area contributed by atoms with Gasteiger partial charge in [-0.05, 0) is 49.9 Å². The summed E-state index contributed by atoms with van der Waals surface area (Å²) in [5.41, 5.74) is 0.470. The van der Waals surface area contributed by atoms with E-state index < -0.39 is 0 Å². The normalized spacial score (nSPS) is 25.6. The highest BCUT2D eigenvalue weighted by atomic mass is 16.5. The SMILES string of the molecule is CCCC(C)(C)CC1CCC(C(=O)OC)CC1. The van der Waals surface area contributed by atoms with Crippen LogP contribution in [0.25, 0.3) is 0 Å². The number of esters is 1. The molecule has 0 aromatic heterocycles. The minimum atomic E-state index is -0.00346. The van der Waals surface area contributed by atoms with E-state index in [1.807, 2.05) is 0 Å². The van der Waals surface area contributed by atoms with E-state index in [9.17, 15) is 4.79 Å². The number of hydrogen-bond donors (Lipinski definition) is 0. The molecule has 0 heterocycles. The minimum absolute atomic E-state index is 0.00346.